The van der Waals surface area contributed by atoms with Crippen molar-refractivity contribution in [2.75, 3.05) is 5.32 Å². The predicted molar refractivity (Wildman–Crippen MR) is 109 cm³/mol. The number of anilines is 1. The Balaban J connectivity index is 1.76. The minimum Gasteiger partial charge on any atom is -0.480 e. The van der Waals surface area contributed by atoms with Crippen molar-refractivity contribution in [1.82, 2.24) is 24.7 Å². The molecule has 4 rings (SSSR count). The van der Waals surface area contributed by atoms with E-state index in [-0.39, 0.29) is 17.1 Å². The summed E-state index contributed by atoms with van der Waals surface area (Å²) in [7, 11) is 0. The van der Waals surface area contributed by atoms with Gasteiger partial charge in [0.15, 0.2) is 11.6 Å². The van der Waals surface area contributed by atoms with Crippen LogP contribution in [0.1, 0.15) is 18.7 Å². The van der Waals surface area contributed by atoms with Crippen LogP contribution in [0.2, 0.25) is 0 Å². The van der Waals surface area contributed by atoms with E-state index in [2.05, 4.69) is 41.3 Å². The number of pyridine rings is 3. The Hall–Kier alpha value is -3.60. The lowest BCUT2D eigenvalue weighted by atomic mass is 10.2. The number of carboxylic acid groups (broad SMARTS) is 1. The second-order valence-electron chi connectivity index (χ2n) is 6.21. The van der Waals surface area contributed by atoms with Crippen LogP contribution in [-0.4, -0.2) is 35.9 Å². The third-order valence-electron chi connectivity index (χ3n) is 4.13. The number of rotatable bonds is 5. The van der Waals surface area contributed by atoms with Crippen LogP contribution in [0.4, 0.5) is 15.0 Å². The van der Waals surface area contributed by atoms with E-state index < -0.39 is 18.0 Å². The van der Waals surface area contributed by atoms with E-state index in [4.69, 9.17) is 9.84 Å². The molecule has 0 saturated heterocycles. The van der Waals surface area contributed by atoms with Gasteiger partial charge in [-0.3, -0.25) is 10.3 Å². The van der Waals surface area contributed by atoms with Crippen LogP contribution < -0.4 is 10.1 Å². The molecule has 11 heteroatoms. The molecular weight excluding hydrogens is 459 g/mol. The highest BCUT2D eigenvalue weighted by atomic mass is 79.9. The van der Waals surface area contributed by atoms with Crippen LogP contribution >= 0.6 is 15.9 Å². The molecule has 0 aliphatic carbocycles. The van der Waals surface area contributed by atoms with Crippen molar-refractivity contribution in [2.24, 2.45) is 0 Å². The van der Waals surface area contributed by atoms with Gasteiger partial charge in [0, 0.05) is 24.5 Å². The smallest absolute Gasteiger partial charge is 0.410 e. The Kier molecular flexibility index (Phi) is 5.27. The molecule has 4 aromatic rings. The second-order valence-corrected chi connectivity index (χ2v) is 7.02. The maximum Gasteiger partial charge on any atom is 0.410 e. The van der Waals surface area contributed by atoms with E-state index >= 15 is 0 Å². The summed E-state index contributed by atoms with van der Waals surface area (Å²) in [5.41, 5.74) is 1.79. The van der Waals surface area contributed by atoms with E-state index in [0.29, 0.717) is 21.5 Å². The summed E-state index contributed by atoms with van der Waals surface area (Å²) in [5.74, 6) is -0.532. The largest absolute Gasteiger partial charge is 0.480 e. The van der Waals surface area contributed by atoms with Gasteiger partial charge >= 0.3 is 6.09 Å². The molecule has 1 amide bonds. The van der Waals surface area contributed by atoms with Crippen LogP contribution in [0.15, 0.2) is 53.5 Å². The molecule has 2 N–H and O–H groups in total. The molecule has 0 fully saturated rings. The first-order chi connectivity index (χ1) is 14.4. The first-order valence-corrected chi connectivity index (χ1v) is 9.49. The SMILES string of the molecule is CC(Oc1cc2ncc(F)cc2nc1NC(=O)O)c1nc(Br)ccc1-n1cccn1. The fraction of sp³-hybridized carbons (Fsp3) is 0.105. The molecule has 1 unspecified atom stereocenters. The third kappa shape index (κ3) is 4.06. The zero-order valence-corrected chi connectivity index (χ0v) is 17.0. The molecule has 0 aromatic carbocycles. The quantitative estimate of drug-likeness (QED) is 0.415. The highest BCUT2D eigenvalue weighted by Gasteiger charge is 2.20. The standard InChI is InChI=1S/C19H14BrFN6O3/c1-10(17-14(3-4-16(20)25-17)27-6-2-5-23-27)30-15-8-12-13(7-11(21)9-22-12)24-18(15)26-19(28)29/h2-10H,1H3,(H,24,26)(H,28,29). The van der Waals surface area contributed by atoms with Crippen LogP contribution in [0.5, 0.6) is 5.75 Å². The van der Waals surface area contributed by atoms with Gasteiger partial charge in [-0.2, -0.15) is 5.10 Å². The Morgan fingerprint density at radius 3 is 2.87 bits per heavy atom. The molecule has 0 radical (unpaired) electrons. The van der Waals surface area contributed by atoms with Crippen molar-refractivity contribution in [3.05, 3.63) is 65.0 Å². The average Bonchev–Trinajstić information content (AvgIpc) is 3.22. The minimum atomic E-state index is -1.33. The third-order valence-corrected chi connectivity index (χ3v) is 4.57. The van der Waals surface area contributed by atoms with Gasteiger partial charge in [0.25, 0.3) is 0 Å². The fourth-order valence-corrected chi connectivity index (χ4v) is 3.21. The van der Waals surface area contributed by atoms with Gasteiger partial charge in [0.2, 0.25) is 0 Å². The van der Waals surface area contributed by atoms with Gasteiger partial charge in [-0.15, -0.1) is 0 Å². The summed E-state index contributed by atoms with van der Waals surface area (Å²) in [6.07, 6.45) is 2.52. The number of carbonyl (C=O) groups is 1. The number of fused-ring (bicyclic) bond motifs is 1. The molecule has 0 bridgehead atoms. The maximum absolute atomic E-state index is 13.5. The zero-order chi connectivity index (χ0) is 21.3. The number of halogens is 2. The lowest BCUT2D eigenvalue weighted by Crippen LogP contribution is -2.14. The van der Waals surface area contributed by atoms with E-state index in [1.807, 2.05) is 6.07 Å². The first-order valence-electron chi connectivity index (χ1n) is 8.70. The summed E-state index contributed by atoms with van der Waals surface area (Å²) in [5, 5.41) is 15.6. The highest BCUT2D eigenvalue weighted by Crippen LogP contribution is 2.32. The molecule has 0 aliphatic heterocycles. The molecule has 4 heterocycles. The summed E-state index contributed by atoms with van der Waals surface area (Å²) < 4.78 is 21.8. The van der Waals surface area contributed by atoms with E-state index in [0.717, 1.165) is 12.3 Å². The molecule has 152 valence electrons. The molecule has 9 nitrogen and oxygen atoms in total. The number of hydrogen-bond donors (Lipinski definition) is 2. The fourth-order valence-electron chi connectivity index (χ4n) is 2.88. The predicted octanol–water partition coefficient (Wildman–Crippen LogP) is 4.34. The molecule has 1 atom stereocenters. The summed E-state index contributed by atoms with van der Waals surface area (Å²) in [6.45, 7) is 1.76. The highest BCUT2D eigenvalue weighted by molar-refractivity contribution is 9.10. The molecule has 4 aromatic heterocycles. The number of nitrogens with zero attached hydrogens (tertiary/aromatic N) is 5. The molecule has 0 aliphatic rings. The Morgan fingerprint density at radius 1 is 1.30 bits per heavy atom. The lowest BCUT2D eigenvalue weighted by Gasteiger charge is -2.19. The average molecular weight is 473 g/mol. The van der Waals surface area contributed by atoms with Crippen LogP contribution in [0.3, 0.4) is 0 Å². The number of aromatic nitrogens is 5. The number of hydrogen-bond acceptors (Lipinski definition) is 6. The molecule has 0 spiro atoms. The first kappa shape index (κ1) is 19.7. The monoisotopic (exact) mass is 472 g/mol. The minimum absolute atomic E-state index is 0.0788. The van der Waals surface area contributed by atoms with Gasteiger partial charge in [-0.05, 0) is 41.1 Å². The van der Waals surface area contributed by atoms with Gasteiger partial charge in [0.05, 0.1) is 22.9 Å². The zero-order valence-electron chi connectivity index (χ0n) is 15.5. The van der Waals surface area contributed by atoms with Crippen molar-refractivity contribution in [1.29, 1.82) is 0 Å². The van der Waals surface area contributed by atoms with E-state index in [1.165, 1.54) is 6.07 Å². The summed E-state index contributed by atoms with van der Waals surface area (Å²) in [6, 6.07) is 8.05. The number of ether oxygens (including phenoxy) is 1. The normalized spacial score (nSPS) is 12.0. The van der Waals surface area contributed by atoms with Gasteiger partial charge in [-0.25, -0.2) is 23.8 Å². The van der Waals surface area contributed by atoms with Crippen molar-refractivity contribution in [3.63, 3.8) is 0 Å². The van der Waals surface area contributed by atoms with E-state index in [1.54, 1.807) is 36.1 Å². The molecular formula is C19H14BrFN6O3. The second kappa shape index (κ2) is 8.03. The van der Waals surface area contributed by atoms with Crippen LogP contribution in [-0.2, 0) is 0 Å². The van der Waals surface area contributed by atoms with Crippen LogP contribution in [0.25, 0.3) is 16.7 Å². The maximum atomic E-state index is 13.5. The summed E-state index contributed by atoms with van der Waals surface area (Å²) >= 11 is 3.36. The van der Waals surface area contributed by atoms with Crippen LogP contribution in [0, 0.1) is 5.82 Å². The Morgan fingerprint density at radius 2 is 2.13 bits per heavy atom. The van der Waals surface area contributed by atoms with Gasteiger partial charge in [-0.1, -0.05) is 0 Å². The number of nitrogens with one attached hydrogen (secondary N) is 1. The Bertz CT molecular complexity index is 1230. The van der Waals surface area contributed by atoms with Gasteiger partial charge < -0.3 is 9.84 Å². The van der Waals surface area contributed by atoms with Crippen molar-refractivity contribution in [2.45, 2.75) is 13.0 Å². The van der Waals surface area contributed by atoms with Crippen molar-refractivity contribution in [3.8, 4) is 11.4 Å². The van der Waals surface area contributed by atoms with Crippen molar-refractivity contribution >= 4 is 38.9 Å². The van der Waals surface area contributed by atoms with Gasteiger partial charge in [0.1, 0.15) is 22.2 Å². The van der Waals surface area contributed by atoms with E-state index in [9.17, 15) is 9.18 Å². The Labute approximate surface area is 177 Å². The number of amides is 1. The van der Waals surface area contributed by atoms with Crippen molar-refractivity contribution < 1.29 is 19.0 Å². The topological polar surface area (TPSA) is 115 Å². The summed E-state index contributed by atoms with van der Waals surface area (Å²) in [4.78, 5) is 23.8. The molecule has 30 heavy (non-hydrogen) atoms. The lowest BCUT2D eigenvalue weighted by molar-refractivity contribution is 0.207. The molecule has 0 saturated carbocycles.